The molecule has 0 aromatic carbocycles. The monoisotopic (exact) mass is 518 g/mol. The number of nitrogens with one attached hydrogen (secondary N) is 1. The maximum atomic E-state index is 13.6. The Morgan fingerprint density at radius 3 is 2.68 bits per heavy atom. The van der Waals surface area contributed by atoms with Gasteiger partial charge in [-0.2, -0.15) is 0 Å². The Kier molecular flexibility index (Phi) is 7.31. The third-order valence-corrected chi connectivity index (χ3v) is 7.23. The zero-order valence-corrected chi connectivity index (χ0v) is 22.0. The van der Waals surface area contributed by atoms with Crippen LogP contribution >= 0.6 is 11.8 Å². The Balaban J connectivity index is 1.55. The van der Waals surface area contributed by atoms with Crippen molar-refractivity contribution in [1.29, 1.82) is 0 Å². The fourth-order valence-corrected chi connectivity index (χ4v) is 5.03. The van der Waals surface area contributed by atoms with Crippen LogP contribution in [0.1, 0.15) is 69.8 Å². The maximum absolute atomic E-state index is 13.6. The molecule has 1 aliphatic rings. The van der Waals surface area contributed by atoms with Crippen molar-refractivity contribution < 1.29 is 5.11 Å². The summed E-state index contributed by atoms with van der Waals surface area (Å²) in [7, 11) is 0. The second-order valence-corrected chi connectivity index (χ2v) is 10.5. The molecular formula is C26H30N8O2S. The molecule has 0 bridgehead atoms. The van der Waals surface area contributed by atoms with Crippen LogP contribution in [0.3, 0.4) is 0 Å². The first kappa shape index (κ1) is 25.1. The van der Waals surface area contributed by atoms with Gasteiger partial charge in [-0.25, -0.2) is 24.9 Å². The van der Waals surface area contributed by atoms with Crippen LogP contribution in [-0.2, 0) is 6.54 Å². The Morgan fingerprint density at radius 1 is 1.14 bits per heavy atom. The predicted molar refractivity (Wildman–Crippen MR) is 144 cm³/mol. The molecule has 192 valence electrons. The molecule has 0 spiro atoms. The largest absolute Gasteiger partial charge is 0.493 e. The molecule has 10 nitrogen and oxygen atoms in total. The van der Waals surface area contributed by atoms with Gasteiger partial charge in [0.15, 0.2) is 17.3 Å². The van der Waals surface area contributed by atoms with Crippen LogP contribution in [0.4, 0.5) is 5.82 Å². The molecule has 1 saturated carbocycles. The lowest BCUT2D eigenvalue weighted by molar-refractivity contribution is 0.452. The quantitative estimate of drug-likeness (QED) is 0.285. The molecule has 4 heterocycles. The van der Waals surface area contributed by atoms with Crippen LogP contribution in [0.5, 0.6) is 5.88 Å². The van der Waals surface area contributed by atoms with Gasteiger partial charge in [-0.15, -0.1) is 11.8 Å². The number of anilines is 1. The molecule has 37 heavy (non-hydrogen) atoms. The molecule has 2 N–H and O–H groups in total. The normalized spacial score (nSPS) is 14.1. The lowest BCUT2D eigenvalue weighted by Crippen LogP contribution is -2.28. The molecular weight excluding hydrogens is 488 g/mol. The van der Waals surface area contributed by atoms with Crippen molar-refractivity contribution >= 4 is 28.7 Å². The van der Waals surface area contributed by atoms with E-state index >= 15 is 0 Å². The van der Waals surface area contributed by atoms with Gasteiger partial charge in [-0.05, 0) is 44.1 Å². The number of thioether (sulfide) groups is 1. The topological polar surface area (TPSA) is 132 Å². The summed E-state index contributed by atoms with van der Waals surface area (Å²) in [6.45, 7) is 6.55. The highest BCUT2D eigenvalue weighted by atomic mass is 32.2. The fourth-order valence-electron chi connectivity index (χ4n) is 4.40. The molecule has 5 rings (SSSR count). The van der Waals surface area contributed by atoms with Gasteiger partial charge in [0, 0.05) is 23.1 Å². The highest BCUT2D eigenvalue weighted by Gasteiger charge is 2.31. The van der Waals surface area contributed by atoms with Crippen LogP contribution in [-0.4, -0.2) is 45.3 Å². The minimum atomic E-state index is -0.257. The average Bonchev–Trinajstić information content (AvgIpc) is 3.74. The molecule has 4 aromatic heterocycles. The molecule has 0 amide bonds. The van der Waals surface area contributed by atoms with Crippen molar-refractivity contribution in [2.24, 2.45) is 0 Å². The van der Waals surface area contributed by atoms with Gasteiger partial charge < -0.3 is 10.4 Å². The van der Waals surface area contributed by atoms with E-state index in [4.69, 9.17) is 4.98 Å². The number of aromatic hydroxyl groups is 1. The predicted octanol–water partition coefficient (Wildman–Crippen LogP) is 4.71. The van der Waals surface area contributed by atoms with E-state index in [1.165, 1.54) is 6.33 Å². The zero-order chi connectivity index (χ0) is 25.9. The van der Waals surface area contributed by atoms with Gasteiger partial charge in [0.1, 0.15) is 17.4 Å². The van der Waals surface area contributed by atoms with Gasteiger partial charge in [0.05, 0.1) is 24.1 Å². The molecule has 1 fully saturated rings. The first-order valence-corrected chi connectivity index (χ1v) is 13.6. The van der Waals surface area contributed by atoms with Crippen molar-refractivity contribution in [3.05, 3.63) is 52.6 Å². The van der Waals surface area contributed by atoms with E-state index in [9.17, 15) is 9.90 Å². The van der Waals surface area contributed by atoms with Gasteiger partial charge in [-0.3, -0.25) is 14.3 Å². The van der Waals surface area contributed by atoms with Crippen molar-refractivity contribution in [1.82, 2.24) is 34.5 Å². The van der Waals surface area contributed by atoms with Crippen LogP contribution < -0.4 is 10.9 Å². The van der Waals surface area contributed by atoms with E-state index in [-0.39, 0.29) is 29.2 Å². The maximum Gasteiger partial charge on any atom is 0.295 e. The van der Waals surface area contributed by atoms with Crippen molar-refractivity contribution in [2.75, 3.05) is 11.1 Å². The van der Waals surface area contributed by atoms with E-state index in [0.29, 0.717) is 29.1 Å². The summed E-state index contributed by atoms with van der Waals surface area (Å²) in [5.74, 6) is 1.61. The van der Waals surface area contributed by atoms with E-state index < -0.39 is 0 Å². The molecule has 1 aliphatic carbocycles. The average molecular weight is 519 g/mol. The summed E-state index contributed by atoms with van der Waals surface area (Å²) < 4.78 is 1.67. The van der Waals surface area contributed by atoms with Crippen molar-refractivity contribution in [3.63, 3.8) is 0 Å². The second-order valence-electron chi connectivity index (χ2n) is 9.18. The first-order chi connectivity index (χ1) is 18.0. The van der Waals surface area contributed by atoms with Crippen LogP contribution in [0.2, 0.25) is 0 Å². The summed E-state index contributed by atoms with van der Waals surface area (Å²) in [6.07, 6.45) is 8.50. The lowest BCUT2D eigenvalue weighted by Gasteiger charge is -2.18. The second kappa shape index (κ2) is 10.8. The number of nitrogens with zero attached hydrogens (tertiary/aromatic N) is 7. The van der Waals surface area contributed by atoms with Crippen LogP contribution in [0.15, 0.2) is 40.5 Å². The van der Waals surface area contributed by atoms with E-state index in [2.05, 4.69) is 44.1 Å². The minimum Gasteiger partial charge on any atom is -0.493 e. The Hall–Kier alpha value is -3.60. The highest BCUT2D eigenvalue weighted by molar-refractivity contribution is 7.99. The first-order valence-electron chi connectivity index (χ1n) is 12.6. The van der Waals surface area contributed by atoms with Gasteiger partial charge in [0.2, 0.25) is 5.88 Å². The number of aromatic nitrogens is 7. The third-order valence-electron chi connectivity index (χ3n) is 6.37. The van der Waals surface area contributed by atoms with Crippen molar-refractivity contribution in [2.45, 2.75) is 69.9 Å². The molecule has 0 aliphatic heterocycles. The standard InChI is InChI=1S/C26H30N8O2S/c1-4-6-15(3)34-24-19(13-29-22(33-24)20-21(16-7-8-16)30-14-31-25(20)35)32-23(26(34)36)28-11-17-9-10-18(12-27-17)37-5-2/h9-10,12-16H,4-8,11H2,1-3H3,(H,28,32)(H,30,31,35)/t15-/m0/s1. The number of rotatable bonds is 10. The Morgan fingerprint density at radius 2 is 1.97 bits per heavy atom. The number of hydrogen-bond donors (Lipinski definition) is 2. The number of pyridine rings is 1. The SMILES string of the molecule is CCC[C@H](C)n1c(=O)c(NCc2ccc(SCC)cn2)nc2cnc(-c3c(O)ncnc3C3CC3)nc21. The smallest absolute Gasteiger partial charge is 0.295 e. The fraction of sp³-hybridized carbons (Fsp3) is 0.423. The van der Waals surface area contributed by atoms with Gasteiger partial charge in [0.25, 0.3) is 5.56 Å². The van der Waals surface area contributed by atoms with Gasteiger partial charge in [-0.1, -0.05) is 20.3 Å². The molecule has 11 heteroatoms. The van der Waals surface area contributed by atoms with Gasteiger partial charge >= 0.3 is 0 Å². The van der Waals surface area contributed by atoms with Crippen molar-refractivity contribution in [3.8, 4) is 17.3 Å². The molecule has 0 saturated heterocycles. The van der Waals surface area contributed by atoms with E-state index in [1.54, 1.807) is 22.5 Å². The zero-order valence-electron chi connectivity index (χ0n) is 21.2. The van der Waals surface area contributed by atoms with E-state index in [1.807, 2.05) is 25.3 Å². The highest BCUT2D eigenvalue weighted by Crippen LogP contribution is 2.44. The summed E-state index contributed by atoms with van der Waals surface area (Å²) in [6, 6.07) is 3.87. The molecule has 0 radical (unpaired) electrons. The number of fused-ring (bicyclic) bond motifs is 1. The van der Waals surface area contributed by atoms with E-state index in [0.717, 1.165) is 47.7 Å². The summed E-state index contributed by atoms with van der Waals surface area (Å²) >= 11 is 1.73. The number of hydrogen-bond acceptors (Lipinski definition) is 10. The van der Waals surface area contributed by atoms with Crippen LogP contribution in [0.25, 0.3) is 22.6 Å². The summed E-state index contributed by atoms with van der Waals surface area (Å²) in [5, 5.41) is 13.7. The third kappa shape index (κ3) is 5.27. The molecule has 1 atom stereocenters. The lowest BCUT2D eigenvalue weighted by atomic mass is 10.1. The summed E-state index contributed by atoms with van der Waals surface area (Å²) in [5.41, 5.74) is 2.63. The minimum absolute atomic E-state index is 0.113. The Bertz CT molecular complexity index is 1470. The van der Waals surface area contributed by atoms with Crippen LogP contribution in [0, 0.1) is 0 Å². The molecule has 0 unspecified atom stereocenters. The molecule has 4 aromatic rings. The summed E-state index contributed by atoms with van der Waals surface area (Å²) in [4.78, 5) is 41.4. The Labute approximate surface area is 219 Å².